The van der Waals surface area contributed by atoms with Gasteiger partial charge in [0.2, 0.25) is 0 Å². The smallest absolute Gasteiger partial charge is 0.319 e. The Labute approximate surface area is 88.2 Å². The minimum Gasteiger partial charge on any atom is -0.480 e. The van der Waals surface area contributed by atoms with Crippen molar-refractivity contribution in [2.75, 3.05) is 27.3 Å². The zero-order chi connectivity index (χ0) is 11.5. The van der Waals surface area contributed by atoms with Crippen LogP contribution in [0.3, 0.4) is 0 Å². The minimum absolute atomic E-state index is 0.224. The Hall–Kier alpha value is -1.14. The standard InChI is InChI=1S/C9H16N2O4/c1-11(2)10-7(12)9(8(13)14)3-5-15-6-4-9/h3-6H2,1-2H3,(H,10,12)(H,13,14). The molecule has 0 unspecified atom stereocenters. The predicted octanol–water partition coefficient (Wildman–Crippen LogP) is -0.539. The first kappa shape index (κ1) is 11.9. The first-order valence-corrected chi connectivity index (χ1v) is 4.78. The van der Waals surface area contributed by atoms with Crippen LogP contribution in [0.5, 0.6) is 0 Å². The lowest BCUT2D eigenvalue weighted by atomic mass is 9.79. The second kappa shape index (κ2) is 4.59. The summed E-state index contributed by atoms with van der Waals surface area (Å²) < 4.78 is 5.07. The third kappa shape index (κ3) is 2.45. The third-order valence-corrected chi connectivity index (χ3v) is 2.52. The molecular weight excluding hydrogens is 200 g/mol. The second-order valence-corrected chi connectivity index (χ2v) is 3.83. The molecule has 1 amide bonds. The van der Waals surface area contributed by atoms with Gasteiger partial charge in [-0.2, -0.15) is 0 Å². The summed E-state index contributed by atoms with van der Waals surface area (Å²) in [5.41, 5.74) is 1.16. The second-order valence-electron chi connectivity index (χ2n) is 3.83. The van der Waals surface area contributed by atoms with E-state index in [0.717, 1.165) is 0 Å². The highest BCUT2D eigenvalue weighted by Crippen LogP contribution is 2.31. The molecule has 15 heavy (non-hydrogen) atoms. The number of carboxylic acids is 1. The van der Waals surface area contributed by atoms with Crippen molar-refractivity contribution < 1.29 is 19.4 Å². The van der Waals surface area contributed by atoms with Gasteiger partial charge in [-0.1, -0.05) is 0 Å². The zero-order valence-electron chi connectivity index (χ0n) is 8.95. The van der Waals surface area contributed by atoms with Gasteiger partial charge < -0.3 is 9.84 Å². The number of nitrogens with one attached hydrogen (secondary N) is 1. The van der Waals surface area contributed by atoms with Gasteiger partial charge in [0.15, 0.2) is 5.41 Å². The minimum atomic E-state index is -1.33. The molecule has 0 spiro atoms. The van der Waals surface area contributed by atoms with Crippen LogP contribution < -0.4 is 5.43 Å². The molecule has 1 saturated heterocycles. The molecular formula is C9H16N2O4. The first-order valence-electron chi connectivity index (χ1n) is 4.78. The van der Waals surface area contributed by atoms with E-state index in [4.69, 9.17) is 9.84 Å². The van der Waals surface area contributed by atoms with Gasteiger partial charge in [-0.3, -0.25) is 15.0 Å². The molecule has 2 N–H and O–H groups in total. The van der Waals surface area contributed by atoms with E-state index in [-0.39, 0.29) is 12.8 Å². The van der Waals surface area contributed by atoms with E-state index in [1.165, 1.54) is 5.01 Å². The summed E-state index contributed by atoms with van der Waals surface area (Å²) in [5, 5.41) is 10.6. The Morgan fingerprint density at radius 2 is 1.87 bits per heavy atom. The normalized spacial score (nSPS) is 19.9. The van der Waals surface area contributed by atoms with Crippen LogP contribution in [0.4, 0.5) is 0 Å². The molecule has 6 nitrogen and oxygen atoms in total. The van der Waals surface area contributed by atoms with Gasteiger partial charge >= 0.3 is 5.97 Å². The van der Waals surface area contributed by atoms with Crippen molar-refractivity contribution in [1.82, 2.24) is 10.4 Å². The van der Waals surface area contributed by atoms with Gasteiger partial charge in [0.25, 0.3) is 5.91 Å². The number of carbonyl (C=O) groups is 2. The lowest BCUT2D eigenvalue weighted by Crippen LogP contribution is -2.53. The number of nitrogens with zero attached hydrogens (tertiary/aromatic N) is 1. The average Bonchev–Trinajstić information content (AvgIpc) is 2.17. The number of hydrogen-bond acceptors (Lipinski definition) is 4. The summed E-state index contributed by atoms with van der Waals surface area (Å²) in [4.78, 5) is 22.9. The van der Waals surface area contributed by atoms with Gasteiger partial charge in [-0.15, -0.1) is 0 Å². The maximum absolute atomic E-state index is 11.8. The number of hydrazine groups is 1. The average molecular weight is 216 g/mol. The molecule has 86 valence electrons. The molecule has 0 atom stereocenters. The Balaban J connectivity index is 2.80. The molecule has 1 aliphatic heterocycles. The van der Waals surface area contributed by atoms with Crippen LogP contribution in [0.2, 0.25) is 0 Å². The lowest BCUT2D eigenvalue weighted by Gasteiger charge is -2.32. The molecule has 0 radical (unpaired) electrons. The number of rotatable bonds is 3. The number of carboxylic acid groups (broad SMARTS) is 1. The molecule has 1 rings (SSSR count). The van der Waals surface area contributed by atoms with Crippen LogP contribution in [0, 0.1) is 5.41 Å². The number of ether oxygens (including phenoxy) is 1. The van der Waals surface area contributed by atoms with Gasteiger partial charge in [0.05, 0.1) is 0 Å². The Bertz CT molecular complexity index is 259. The summed E-state index contributed by atoms with van der Waals surface area (Å²) in [6.07, 6.45) is 0.448. The van der Waals surface area contributed by atoms with Gasteiger partial charge in [-0.25, -0.2) is 5.01 Å². The summed E-state index contributed by atoms with van der Waals surface area (Å²) in [5.74, 6) is -1.55. The third-order valence-electron chi connectivity index (χ3n) is 2.52. The van der Waals surface area contributed by atoms with Crippen molar-refractivity contribution in [3.8, 4) is 0 Å². The summed E-state index contributed by atoms with van der Waals surface area (Å²) in [6.45, 7) is 0.625. The number of aliphatic carboxylic acids is 1. The largest absolute Gasteiger partial charge is 0.480 e. The molecule has 6 heteroatoms. The molecule has 1 aliphatic rings. The van der Waals surface area contributed by atoms with E-state index in [2.05, 4.69) is 5.43 Å². The van der Waals surface area contributed by atoms with Crippen LogP contribution in [0.1, 0.15) is 12.8 Å². The first-order chi connectivity index (χ1) is 6.99. The fourth-order valence-electron chi connectivity index (χ4n) is 1.57. The fourth-order valence-corrected chi connectivity index (χ4v) is 1.57. The van der Waals surface area contributed by atoms with Crippen molar-refractivity contribution in [1.29, 1.82) is 0 Å². The number of hydrogen-bond donors (Lipinski definition) is 2. The summed E-state index contributed by atoms with van der Waals surface area (Å²) in [6, 6.07) is 0. The van der Waals surface area contributed by atoms with Crippen LogP contribution in [0.15, 0.2) is 0 Å². The van der Waals surface area contributed by atoms with Crippen LogP contribution >= 0.6 is 0 Å². The predicted molar refractivity (Wildman–Crippen MR) is 52.0 cm³/mol. The topological polar surface area (TPSA) is 78.9 Å². The molecule has 0 bridgehead atoms. The molecule has 0 aliphatic carbocycles. The van der Waals surface area contributed by atoms with Crippen molar-refractivity contribution in [3.63, 3.8) is 0 Å². The molecule has 0 aromatic heterocycles. The lowest BCUT2D eigenvalue weighted by molar-refractivity contribution is -0.164. The van der Waals surface area contributed by atoms with Gasteiger partial charge in [0.1, 0.15) is 0 Å². The monoisotopic (exact) mass is 216 g/mol. The highest BCUT2D eigenvalue weighted by atomic mass is 16.5. The Morgan fingerprint density at radius 3 is 2.27 bits per heavy atom. The van der Waals surface area contributed by atoms with Crippen molar-refractivity contribution >= 4 is 11.9 Å². The molecule has 0 saturated carbocycles. The van der Waals surface area contributed by atoms with E-state index in [1.54, 1.807) is 14.1 Å². The quantitative estimate of drug-likeness (QED) is 0.489. The number of carbonyl (C=O) groups excluding carboxylic acids is 1. The van der Waals surface area contributed by atoms with Crippen molar-refractivity contribution in [2.24, 2.45) is 5.41 Å². The summed E-state index contributed by atoms with van der Waals surface area (Å²) in [7, 11) is 3.29. The molecule has 0 aromatic rings. The molecule has 1 heterocycles. The van der Waals surface area contributed by atoms with E-state index < -0.39 is 17.3 Å². The van der Waals surface area contributed by atoms with Gasteiger partial charge in [-0.05, 0) is 12.8 Å². The maximum atomic E-state index is 11.8. The van der Waals surface area contributed by atoms with Crippen LogP contribution in [-0.2, 0) is 14.3 Å². The molecule has 1 fully saturated rings. The molecule has 0 aromatic carbocycles. The van der Waals surface area contributed by atoms with E-state index in [0.29, 0.717) is 13.2 Å². The van der Waals surface area contributed by atoms with Crippen molar-refractivity contribution in [3.05, 3.63) is 0 Å². The summed E-state index contributed by atoms with van der Waals surface area (Å²) >= 11 is 0. The SMILES string of the molecule is CN(C)NC(=O)C1(C(=O)O)CCOCC1. The zero-order valence-corrected chi connectivity index (χ0v) is 8.95. The van der Waals surface area contributed by atoms with E-state index in [9.17, 15) is 9.59 Å². The maximum Gasteiger partial charge on any atom is 0.319 e. The fraction of sp³-hybridized carbons (Fsp3) is 0.778. The highest BCUT2D eigenvalue weighted by Gasteiger charge is 2.47. The van der Waals surface area contributed by atoms with Crippen LogP contribution in [-0.4, -0.2) is 49.3 Å². The van der Waals surface area contributed by atoms with Gasteiger partial charge in [0, 0.05) is 27.3 Å². The number of amides is 1. The van der Waals surface area contributed by atoms with Crippen LogP contribution in [0.25, 0.3) is 0 Å². The Kier molecular flexibility index (Phi) is 3.65. The Morgan fingerprint density at radius 1 is 1.33 bits per heavy atom. The van der Waals surface area contributed by atoms with Crippen molar-refractivity contribution in [2.45, 2.75) is 12.8 Å². The highest BCUT2D eigenvalue weighted by molar-refractivity contribution is 6.01. The van der Waals surface area contributed by atoms with E-state index in [1.807, 2.05) is 0 Å². The van der Waals surface area contributed by atoms with E-state index >= 15 is 0 Å².